The number of hydrogen-bond acceptors (Lipinski definition) is 4. The van der Waals surface area contributed by atoms with E-state index in [-0.39, 0.29) is 0 Å². The summed E-state index contributed by atoms with van der Waals surface area (Å²) in [6.07, 6.45) is 3.80. The maximum absolute atomic E-state index is 5.56. The Morgan fingerprint density at radius 1 is 1.28 bits per heavy atom. The molecule has 7 heteroatoms. The predicted molar refractivity (Wildman–Crippen MR) is 117 cm³/mol. The van der Waals surface area contributed by atoms with Crippen molar-refractivity contribution >= 4 is 5.96 Å². The molecule has 2 aromatic rings. The Morgan fingerprint density at radius 2 is 2.10 bits per heavy atom. The third kappa shape index (κ3) is 6.30. The number of morpholine rings is 1. The molecule has 1 aliphatic rings. The summed E-state index contributed by atoms with van der Waals surface area (Å²) in [6.45, 7) is 12.3. The Kier molecular flexibility index (Phi) is 8.07. The Balaban J connectivity index is 1.60. The van der Waals surface area contributed by atoms with Crippen molar-refractivity contribution < 1.29 is 4.74 Å². The smallest absolute Gasteiger partial charge is 0.191 e. The first-order valence-corrected chi connectivity index (χ1v) is 10.6. The van der Waals surface area contributed by atoms with Gasteiger partial charge in [-0.3, -0.25) is 9.58 Å². The minimum absolute atomic E-state index is 0.421. The van der Waals surface area contributed by atoms with E-state index in [0.717, 1.165) is 45.4 Å². The van der Waals surface area contributed by atoms with Gasteiger partial charge >= 0.3 is 0 Å². The van der Waals surface area contributed by atoms with Crippen LogP contribution in [0.1, 0.15) is 31.9 Å². The minimum Gasteiger partial charge on any atom is -0.379 e. The van der Waals surface area contributed by atoms with Gasteiger partial charge in [0.15, 0.2) is 5.96 Å². The molecule has 0 aliphatic carbocycles. The summed E-state index contributed by atoms with van der Waals surface area (Å²) in [4.78, 5) is 7.33. The third-order valence-electron chi connectivity index (χ3n) is 5.31. The summed E-state index contributed by atoms with van der Waals surface area (Å²) in [5.41, 5.74) is 2.46. The summed E-state index contributed by atoms with van der Waals surface area (Å²) in [5.74, 6) is 0.856. The van der Waals surface area contributed by atoms with E-state index in [0.29, 0.717) is 18.6 Å². The average molecular weight is 399 g/mol. The number of rotatable bonds is 8. The molecule has 1 aromatic heterocycles. The zero-order valence-electron chi connectivity index (χ0n) is 17.8. The van der Waals surface area contributed by atoms with Gasteiger partial charge in [0.2, 0.25) is 0 Å². The first-order chi connectivity index (χ1) is 14.2. The predicted octanol–water partition coefficient (Wildman–Crippen LogP) is 2.10. The van der Waals surface area contributed by atoms with E-state index in [4.69, 9.17) is 9.73 Å². The first-order valence-electron chi connectivity index (χ1n) is 10.6. The molecule has 0 saturated carbocycles. The summed E-state index contributed by atoms with van der Waals surface area (Å²) in [7, 11) is 0. The Bertz CT molecular complexity index is 760. The lowest BCUT2D eigenvalue weighted by atomic mass is 10.1. The highest BCUT2D eigenvalue weighted by Crippen LogP contribution is 2.12. The van der Waals surface area contributed by atoms with Crippen molar-refractivity contribution in [3.05, 3.63) is 53.9 Å². The Morgan fingerprint density at radius 3 is 2.83 bits per heavy atom. The molecule has 0 bridgehead atoms. The van der Waals surface area contributed by atoms with Crippen molar-refractivity contribution in [2.45, 2.75) is 45.9 Å². The molecule has 1 fully saturated rings. The van der Waals surface area contributed by atoms with Gasteiger partial charge in [-0.15, -0.1) is 0 Å². The van der Waals surface area contributed by atoms with E-state index in [1.165, 1.54) is 11.1 Å². The van der Waals surface area contributed by atoms with Gasteiger partial charge in [-0.1, -0.05) is 24.3 Å². The quantitative estimate of drug-likeness (QED) is 0.527. The normalized spacial score (nSPS) is 19.1. The van der Waals surface area contributed by atoms with Crippen LogP contribution in [0.25, 0.3) is 0 Å². The maximum atomic E-state index is 5.56. The highest BCUT2D eigenvalue weighted by molar-refractivity contribution is 5.79. The molecular formula is C22H34N6O. The minimum atomic E-state index is 0.421. The van der Waals surface area contributed by atoms with Crippen LogP contribution >= 0.6 is 0 Å². The zero-order chi connectivity index (χ0) is 20.5. The molecule has 1 aromatic carbocycles. The van der Waals surface area contributed by atoms with Gasteiger partial charge in [-0.05, 0) is 38.0 Å². The summed E-state index contributed by atoms with van der Waals surface area (Å²) in [6, 6.07) is 11.3. The number of nitrogens with one attached hydrogen (secondary N) is 2. The van der Waals surface area contributed by atoms with Crippen LogP contribution in [0.15, 0.2) is 47.7 Å². The van der Waals surface area contributed by atoms with Crippen LogP contribution in [0.3, 0.4) is 0 Å². The van der Waals surface area contributed by atoms with Crippen LogP contribution in [0.5, 0.6) is 0 Å². The molecule has 0 radical (unpaired) electrons. The van der Waals surface area contributed by atoms with Gasteiger partial charge in [0.25, 0.3) is 0 Å². The molecule has 158 valence electrons. The molecule has 3 rings (SSSR count). The molecule has 2 N–H and O–H groups in total. The number of aromatic nitrogens is 2. The second-order valence-corrected chi connectivity index (χ2v) is 7.56. The largest absolute Gasteiger partial charge is 0.379 e. The average Bonchev–Trinajstić information content (AvgIpc) is 3.24. The van der Waals surface area contributed by atoms with Gasteiger partial charge in [0, 0.05) is 44.1 Å². The van der Waals surface area contributed by atoms with E-state index in [9.17, 15) is 0 Å². The van der Waals surface area contributed by atoms with Crippen LogP contribution in [0.4, 0.5) is 0 Å². The number of aliphatic imine (C=N–C) groups is 1. The van der Waals surface area contributed by atoms with Gasteiger partial charge in [0.05, 0.1) is 26.3 Å². The van der Waals surface area contributed by atoms with Gasteiger partial charge < -0.3 is 15.4 Å². The number of nitrogens with zero attached hydrogens (tertiary/aromatic N) is 4. The van der Waals surface area contributed by atoms with Crippen molar-refractivity contribution in [3.63, 3.8) is 0 Å². The van der Waals surface area contributed by atoms with E-state index in [1.54, 1.807) is 0 Å². The fourth-order valence-electron chi connectivity index (χ4n) is 3.70. The third-order valence-corrected chi connectivity index (χ3v) is 5.31. The van der Waals surface area contributed by atoms with Crippen LogP contribution in [-0.4, -0.2) is 65.6 Å². The van der Waals surface area contributed by atoms with Crippen molar-refractivity contribution in [2.24, 2.45) is 4.99 Å². The molecule has 0 amide bonds. The molecule has 7 nitrogen and oxygen atoms in total. The van der Waals surface area contributed by atoms with E-state index in [1.807, 2.05) is 23.1 Å². The van der Waals surface area contributed by atoms with E-state index in [2.05, 4.69) is 65.7 Å². The zero-order valence-corrected chi connectivity index (χ0v) is 17.8. The molecule has 29 heavy (non-hydrogen) atoms. The van der Waals surface area contributed by atoms with Crippen LogP contribution < -0.4 is 10.6 Å². The van der Waals surface area contributed by atoms with Crippen molar-refractivity contribution in [2.75, 3.05) is 32.8 Å². The van der Waals surface area contributed by atoms with Crippen molar-refractivity contribution in [1.29, 1.82) is 0 Å². The lowest BCUT2D eigenvalue weighted by molar-refractivity contribution is -0.0174. The van der Waals surface area contributed by atoms with Gasteiger partial charge in [-0.2, -0.15) is 5.10 Å². The van der Waals surface area contributed by atoms with Crippen LogP contribution in [0, 0.1) is 0 Å². The topological polar surface area (TPSA) is 66.7 Å². The van der Waals surface area contributed by atoms with Crippen LogP contribution in [0.2, 0.25) is 0 Å². The second kappa shape index (κ2) is 11.0. The fourth-order valence-corrected chi connectivity index (χ4v) is 3.70. The lowest BCUT2D eigenvalue weighted by Gasteiger charge is -2.38. The first kappa shape index (κ1) is 21.3. The van der Waals surface area contributed by atoms with Crippen molar-refractivity contribution in [1.82, 2.24) is 25.3 Å². The fraction of sp³-hybridized carbons (Fsp3) is 0.545. The molecular weight excluding hydrogens is 364 g/mol. The number of guanidine groups is 1. The van der Waals surface area contributed by atoms with Crippen LogP contribution in [-0.2, 0) is 17.8 Å². The molecule has 2 atom stereocenters. The molecule has 1 saturated heterocycles. The number of benzene rings is 1. The molecule has 2 heterocycles. The molecule has 1 aliphatic heterocycles. The molecule has 2 unspecified atom stereocenters. The Labute approximate surface area is 174 Å². The number of hydrogen-bond donors (Lipinski definition) is 2. The monoisotopic (exact) mass is 398 g/mol. The van der Waals surface area contributed by atoms with Gasteiger partial charge in [0.1, 0.15) is 0 Å². The van der Waals surface area contributed by atoms with E-state index >= 15 is 0 Å². The van der Waals surface area contributed by atoms with E-state index < -0.39 is 0 Å². The standard InChI is InChI=1S/C22H34N6O/c1-4-23-22(24-14-18(2)28-12-13-29-17-19(28)3)25-15-20-8-5-6-9-21(20)16-27-11-7-10-26-27/h5-11,18-19H,4,12-17H2,1-3H3,(H2,23,24,25). The highest BCUT2D eigenvalue weighted by Gasteiger charge is 2.23. The molecule has 0 spiro atoms. The summed E-state index contributed by atoms with van der Waals surface area (Å²) < 4.78 is 7.50. The van der Waals surface area contributed by atoms with Gasteiger partial charge in [-0.25, -0.2) is 4.99 Å². The lowest BCUT2D eigenvalue weighted by Crippen LogP contribution is -2.53. The SMILES string of the molecule is CCNC(=NCc1ccccc1Cn1cccn1)NCC(C)N1CCOCC1C. The number of ether oxygens (including phenoxy) is 1. The summed E-state index contributed by atoms with van der Waals surface area (Å²) in [5, 5.41) is 11.2. The Hall–Kier alpha value is -2.38. The van der Waals surface area contributed by atoms with Crippen molar-refractivity contribution in [3.8, 4) is 0 Å². The summed E-state index contributed by atoms with van der Waals surface area (Å²) >= 11 is 0. The second-order valence-electron chi connectivity index (χ2n) is 7.56. The maximum Gasteiger partial charge on any atom is 0.191 e. The highest BCUT2D eigenvalue weighted by atomic mass is 16.5.